The maximum atomic E-state index is 6.14. The Bertz CT molecular complexity index is 604. The molecule has 8 heteroatoms. The summed E-state index contributed by atoms with van der Waals surface area (Å²) in [5.74, 6) is 1.84. The third-order valence-corrected chi connectivity index (χ3v) is 5.06. The average molecular weight is 307 g/mol. The minimum Gasteiger partial charge on any atom is -0.363 e. The van der Waals surface area contributed by atoms with Crippen LogP contribution in [0.1, 0.15) is 35.7 Å². The second-order valence-corrected chi connectivity index (χ2v) is 6.84. The first-order valence-corrected chi connectivity index (χ1v) is 8.01. The normalized spacial score (nSPS) is 28.9. The van der Waals surface area contributed by atoms with E-state index in [9.17, 15) is 0 Å². The van der Waals surface area contributed by atoms with Gasteiger partial charge in [-0.3, -0.25) is 0 Å². The minimum atomic E-state index is -0.0580. The van der Waals surface area contributed by atoms with Crippen molar-refractivity contribution in [3.63, 3.8) is 0 Å². The van der Waals surface area contributed by atoms with Crippen LogP contribution in [-0.4, -0.2) is 39.5 Å². The summed E-state index contributed by atoms with van der Waals surface area (Å²) in [6, 6.07) is 0. The van der Waals surface area contributed by atoms with E-state index in [4.69, 9.17) is 9.26 Å². The fourth-order valence-corrected chi connectivity index (χ4v) is 3.84. The smallest absolute Gasteiger partial charge is 0.255 e. The molecule has 3 atom stereocenters. The molecular formula is C13H17N5O2S. The van der Waals surface area contributed by atoms with Crippen LogP contribution in [0.4, 0.5) is 5.13 Å². The van der Waals surface area contributed by atoms with Crippen molar-refractivity contribution >= 4 is 16.5 Å². The Balaban J connectivity index is 1.47. The van der Waals surface area contributed by atoms with Crippen molar-refractivity contribution in [3.05, 3.63) is 16.7 Å². The van der Waals surface area contributed by atoms with E-state index in [0.29, 0.717) is 17.6 Å². The van der Waals surface area contributed by atoms with Crippen LogP contribution in [0.2, 0.25) is 0 Å². The fraction of sp³-hybridized carbons (Fsp3) is 0.692. The first-order valence-electron chi connectivity index (χ1n) is 7.20. The molecule has 4 rings (SSSR count). The van der Waals surface area contributed by atoms with Gasteiger partial charge in [-0.05, 0) is 32.6 Å². The topological polar surface area (TPSA) is 77.2 Å². The number of anilines is 1. The highest BCUT2D eigenvalue weighted by atomic mass is 32.1. The number of hydrogen-bond donors (Lipinski definition) is 0. The Morgan fingerprint density at radius 3 is 2.90 bits per heavy atom. The molecule has 0 unspecified atom stereocenters. The van der Waals surface area contributed by atoms with Crippen LogP contribution in [0, 0.1) is 19.8 Å². The summed E-state index contributed by atoms with van der Waals surface area (Å²) >= 11 is 1.64. The van der Waals surface area contributed by atoms with Crippen molar-refractivity contribution in [2.75, 3.05) is 18.0 Å². The summed E-state index contributed by atoms with van der Waals surface area (Å²) in [6.45, 7) is 5.68. The Kier molecular flexibility index (Phi) is 3.15. The van der Waals surface area contributed by atoms with Crippen molar-refractivity contribution in [2.24, 2.45) is 5.92 Å². The third kappa shape index (κ3) is 2.42. The highest BCUT2D eigenvalue weighted by Crippen LogP contribution is 2.41. The maximum Gasteiger partial charge on any atom is 0.255 e. The van der Waals surface area contributed by atoms with Gasteiger partial charge in [0.05, 0.1) is 6.10 Å². The van der Waals surface area contributed by atoms with Crippen molar-refractivity contribution in [2.45, 2.75) is 38.9 Å². The number of ether oxygens (including phenoxy) is 1. The van der Waals surface area contributed by atoms with Crippen LogP contribution in [0.3, 0.4) is 0 Å². The summed E-state index contributed by atoms with van der Waals surface area (Å²) in [6.07, 6.45) is 2.22. The molecule has 0 radical (unpaired) electrons. The SMILES string of the molecule is Cc1noc([C@H]2C[C@@H]3CCN(c4nnc(C)s4)C[C@H]3O2)n1. The van der Waals surface area contributed by atoms with E-state index in [1.807, 2.05) is 13.8 Å². The molecule has 0 amide bonds. The molecule has 0 saturated carbocycles. The van der Waals surface area contributed by atoms with Crippen molar-refractivity contribution in [1.82, 2.24) is 20.3 Å². The Morgan fingerprint density at radius 1 is 1.29 bits per heavy atom. The summed E-state index contributed by atoms with van der Waals surface area (Å²) in [7, 11) is 0. The number of aromatic nitrogens is 4. The van der Waals surface area contributed by atoms with Crippen LogP contribution in [0.15, 0.2) is 4.52 Å². The van der Waals surface area contributed by atoms with Gasteiger partial charge in [-0.1, -0.05) is 16.5 Å². The molecule has 0 spiro atoms. The van der Waals surface area contributed by atoms with Gasteiger partial charge < -0.3 is 14.2 Å². The van der Waals surface area contributed by atoms with E-state index in [1.54, 1.807) is 11.3 Å². The number of fused-ring (bicyclic) bond motifs is 1. The third-order valence-electron chi connectivity index (χ3n) is 4.16. The van der Waals surface area contributed by atoms with Crippen LogP contribution in [0.25, 0.3) is 0 Å². The zero-order valence-electron chi connectivity index (χ0n) is 12.0. The highest BCUT2D eigenvalue weighted by molar-refractivity contribution is 7.15. The monoisotopic (exact) mass is 307 g/mol. The quantitative estimate of drug-likeness (QED) is 0.838. The van der Waals surface area contributed by atoms with Gasteiger partial charge in [0, 0.05) is 13.1 Å². The summed E-state index contributed by atoms with van der Waals surface area (Å²) in [5, 5.41) is 14.2. The molecule has 2 saturated heterocycles. The van der Waals surface area contributed by atoms with E-state index >= 15 is 0 Å². The largest absolute Gasteiger partial charge is 0.363 e. The molecule has 21 heavy (non-hydrogen) atoms. The van der Waals surface area contributed by atoms with Gasteiger partial charge in [0.15, 0.2) is 5.82 Å². The van der Waals surface area contributed by atoms with E-state index < -0.39 is 0 Å². The highest BCUT2D eigenvalue weighted by Gasteiger charge is 2.42. The second-order valence-electron chi connectivity index (χ2n) is 5.68. The number of nitrogens with zero attached hydrogens (tertiary/aromatic N) is 5. The molecule has 0 aromatic carbocycles. The van der Waals surface area contributed by atoms with Crippen LogP contribution in [0.5, 0.6) is 0 Å². The Labute approximate surface area is 126 Å². The molecule has 2 aliphatic rings. The molecule has 0 aliphatic carbocycles. The predicted octanol–water partition coefficient (Wildman–Crippen LogP) is 1.89. The Morgan fingerprint density at radius 2 is 2.19 bits per heavy atom. The van der Waals surface area contributed by atoms with E-state index in [0.717, 1.165) is 36.1 Å². The minimum absolute atomic E-state index is 0.0580. The molecule has 2 aromatic heterocycles. The first-order chi connectivity index (χ1) is 10.2. The molecule has 2 aromatic rings. The molecule has 4 heterocycles. The molecule has 7 nitrogen and oxygen atoms in total. The standard InChI is InChI=1S/C13H17N5O2S/c1-7-14-12(20-17-7)10-5-9-3-4-18(6-11(9)19-10)13-16-15-8(2)21-13/h9-11H,3-6H2,1-2H3/t9-,10+,11+/m0/s1. The molecule has 112 valence electrons. The van der Waals surface area contributed by atoms with E-state index in [-0.39, 0.29) is 12.2 Å². The van der Waals surface area contributed by atoms with Crippen LogP contribution < -0.4 is 4.90 Å². The van der Waals surface area contributed by atoms with Gasteiger partial charge in [0.2, 0.25) is 5.13 Å². The van der Waals surface area contributed by atoms with E-state index in [2.05, 4.69) is 25.2 Å². The number of rotatable bonds is 2. The van der Waals surface area contributed by atoms with Gasteiger partial charge in [-0.15, -0.1) is 10.2 Å². The maximum absolute atomic E-state index is 6.14. The fourth-order valence-electron chi connectivity index (χ4n) is 3.12. The molecule has 2 fully saturated rings. The number of aryl methyl sites for hydroxylation is 2. The van der Waals surface area contributed by atoms with Gasteiger partial charge in [0.1, 0.15) is 11.1 Å². The summed E-state index contributed by atoms with van der Waals surface area (Å²) < 4.78 is 11.4. The molecule has 2 aliphatic heterocycles. The lowest BCUT2D eigenvalue weighted by molar-refractivity contribution is 0.0164. The average Bonchev–Trinajstić information content (AvgIpc) is 3.16. The van der Waals surface area contributed by atoms with Gasteiger partial charge in [-0.2, -0.15) is 4.98 Å². The molecule has 0 N–H and O–H groups in total. The van der Waals surface area contributed by atoms with E-state index in [1.165, 1.54) is 0 Å². The molecule has 0 bridgehead atoms. The van der Waals surface area contributed by atoms with Crippen molar-refractivity contribution in [1.29, 1.82) is 0 Å². The number of hydrogen-bond acceptors (Lipinski definition) is 8. The Hall–Kier alpha value is -1.54. The zero-order valence-corrected chi connectivity index (χ0v) is 12.8. The van der Waals surface area contributed by atoms with Gasteiger partial charge >= 0.3 is 0 Å². The van der Waals surface area contributed by atoms with Crippen molar-refractivity contribution in [3.8, 4) is 0 Å². The first kappa shape index (κ1) is 13.1. The zero-order chi connectivity index (χ0) is 14.4. The van der Waals surface area contributed by atoms with Crippen LogP contribution >= 0.6 is 11.3 Å². The number of piperidine rings is 1. The molecular weight excluding hydrogens is 290 g/mol. The summed E-state index contributed by atoms with van der Waals surface area (Å²) in [4.78, 5) is 6.57. The van der Waals surface area contributed by atoms with Gasteiger partial charge in [0.25, 0.3) is 5.89 Å². The lowest BCUT2D eigenvalue weighted by Crippen LogP contribution is -2.42. The summed E-state index contributed by atoms with van der Waals surface area (Å²) in [5.41, 5.74) is 0. The van der Waals surface area contributed by atoms with Crippen molar-refractivity contribution < 1.29 is 9.26 Å². The van der Waals surface area contributed by atoms with Crippen LogP contribution in [-0.2, 0) is 4.74 Å². The lowest BCUT2D eigenvalue weighted by atomic mass is 9.92. The second kappa shape index (κ2) is 5.03. The van der Waals surface area contributed by atoms with Gasteiger partial charge in [-0.25, -0.2) is 0 Å². The lowest BCUT2D eigenvalue weighted by Gasteiger charge is -2.33. The predicted molar refractivity (Wildman–Crippen MR) is 76.2 cm³/mol.